The van der Waals surface area contributed by atoms with Gasteiger partial charge in [-0.05, 0) is 28.1 Å². The summed E-state index contributed by atoms with van der Waals surface area (Å²) >= 11 is 9.67. The van der Waals surface area contributed by atoms with Gasteiger partial charge in [-0.3, -0.25) is 4.57 Å². The molecule has 0 aliphatic carbocycles. The average Bonchev–Trinajstić information content (AvgIpc) is 2.92. The van der Waals surface area contributed by atoms with Gasteiger partial charge in [-0.2, -0.15) is 0 Å². The number of hydrogen-bond donors (Lipinski definition) is 1. The summed E-state index contributed by atoms with van der Waals surface area (Å²) in [5, 5.41) is 4.00. The lowest BCUT2D eigenvalue weighted by molar-refractivity contribution is 0.0240. The van der Waals surface area contributed by atoms with Gasteiger partial charge in [0.25, 0.3) is 0 Å². The lowest BCUT2D eigenvalue weighted by Gasteiger charge is -2.24. The number of imidazole rings is 1. The van der Waals surface area contributed by atoms with Gasteiger partial charge in [-0.1, -0.05) is 17.7 Å². The van der Waals surface area contributed by atoms with Crippen LogP contribution in [0.15, 0.2) is 35.2 Å². The average molecular weight is 343 g/mol. The Kier molecular flexibility index (Phi) is 3.88. The normalized spacial score (nSPS) is 19.6. The first-order chi connectivity index (χ1) is 9.27. The molecule has 3 rings (SSSR count). The zero-order valence-electron chi connectivity index (χ0n) is 10.1. The van der Waals surface area contributed by atoms with Gasteiger partial charge >= 0.3 is 0 Å². The molecular formula is C13H13BrClN3O. The van der Waals surface area contributed by atoms with Crippen molar-refractivity contribution in [2.45, 2.75) is 6.10 Å². The van der Waals surface area contributed by atoms with Crippen molar-refractivity contribution in [1.29, 1.82) is 0 Å². The van der Waals surface area contributed by atoms with Gasteiger partial charge in [-0.25, -0.2) is 4.98 Å². The number of ether oxygens (including phenoxy) is 1. The van der Waals surface area contributed by atoms with Crippen LogP contribution < -0.4 is 5.32 Å². The smallest absolute Gasteiger partial charge is 0.112 e. The summed E-state index contributed by atoms with van der Waals surface area (Å²) in [6.07, 6.45) is 3.64. The van der Waals surface area contributed by atoms with E-state index in [-0.39, 0.29) is 6.10 Å². The Morgan fingerprint density at radius 3 is 3.16 bits per heavy atom. The zero-order chi connectivity index (χ0) is 13.2. The number of benzene rings is 1. The first-order valence-electron chi connectivity index (χ1n) is 6.06. The lowest BCUT2D eigenvalue weighted by atomic mass is 10.2. The summed E-state index contributed by atoms with van der Waals surface area (Å²) in [4.78, 5) is 4.24. The maximum absolute atomic E-state index is 6.14. The molecule has 2 aromatic rings. The number of halogens is 2. The van der Waals surface area contributed by atoms with E-state index in [4.69, 9.17) is 16.3 Å². The van der Waals surface area contributed by atoms with E-state index in [0.717, 1.165) is 28.9 Å². The quantitative estimate of drug-likeness (QED) is 0.912. The van der Waals surface area contributed by atoms with Crippen molar-refractivity contribution in [2.75, 3.05) is 19.7 Å². The summed E-state index contributed by atoms with van der Waals surface area (Å²) in [7, 11) is 0. The summed E-state index contributed by atoms with van der Waals surface area (Å²) in [6, 6.07) is 5.77. The zero-order valence-corrected chi connectivity index (χ0v) is 12.5. The Morgan fingerprint density at radius 1 is 1.47 bits per heavy atom. The van der Waals surface area contributed by atoms with E-state index in [1.807, 2.05) is 29.0 Å². The minimum absolute atomic E-state index is 0.0159. The van der Waals surface area contributed by atoms with E-state index in [2.05, 4.69) is 26.2 Å². The molecule has 1 fully saturated rings. The molecule has 6 heteroatoms. The van der Waals surface area contributed by atoms with Crippen LogP contribution >= 0.6 is 27.5 Å². The second kappa shape index (κ2) is 5.63. The van der Waals surface area contributed by atoms with Gasteiger partial charge in [0.15, 0.2) is 0 Å². The maximum Gasteiger partial charge on any atom is 0.112 e. The number of nitrogens with zero attached hydrogens (tertiary/aromatic N) is 2. The summed E-state index contributed by atoms with van der Waals surface area (Å²) < 4.78 is 8.65. The summed E-state index contributed by atoms with van der Waals surface area (Å²) in [6.45, 7) is 2.40. The first-order valence-corrected chi connectivity index (χ1v) is 7.23. The molecule has 1 unspecified atom stereocenters. The predicted octanol–water partition coefficient (Wildman–Crippen LogP) is 2.95. The Balaban J connectivity index is 2.01. The molecule has 1 saturated heterocycles. The minimum atomic E-state index is 0.0159. The van der Waals surface area contributed by atoms with E-state index >= 15 is 0 Å². The lowest BCUT2D eigenvalue weighted by Crippen LogP contribution is -2.34. The highest BCUT2D eigenvalue weighted by atomic mass is 79.9. The molecule has 0 saturated carbocycles. The molecule has 0 amide bonds. The van der Waals surface area contributed by atoms with Crippen LogP contribution in [-0.4, -0.2) is 29.2 Å². The van der Waals surface area contributed by atoms with Crippen LogP contribution in [0.2, 0.25) is 5.02 Å². The van der Waals surface area contributed by atoms with Crippen LogP contribution in [0.4, 0.5) is 0 Å². The third kappa shape index (κ3) is 2.56. The molecule has 0 spiro atoms. The topological polar surface area (TPSA) is 39.1 Å². The Labute approximate surface area is 124 Å². The second-order valence-corrected chi connectivity index (χ2v) is 5.53. The SMILES string of the molecule is Clc1cccc(-n2cncc2C2CNCCO2)c1Br. The molecule has 1 aromatic carbocycles. The Morgan fingerprint density at radius 2 is 2.37 bits per heavy atom. The second-order valence-electron chi connectivity index (χ2n) is 4.33. The van der Waals surface area contributed by atoms with Gasteiger partial charge in [0, 0.05) is 13.1 Å². The molecule has 1 aromatic heterocycles. The fraction of sp³-hybridized carbons (Fsp3) is 0.308. The van der Waals surface area contributed by atoms with E-state index < -0.39 is 0 Å². The number of aromatic nitrogens is 2. The van der Waals surface area contributed by atoms with Gasteiger partial charge in [-0.15, -0.1) is 0 Å². The van der Waals surface area contributed by atoms with Gasteiger partial charge < -0.3 is 10.1 Å². The highest BCUT2D eigenvalue weighted by molar-refractivity contribution is 9.10. The molecule has 1 N–H and O–H groups in total. The molecule has 1 atom stereocenters. The Bertz CT molecular complexity index is 581. The van der Waals surface area contributed by atoms with Crippen LogP contribution in [0.3, 0.4) is 0 Å². The van der Waals surface area contributed by atoms with E-state index in [0.29, 0.717) is 11.6 Å². The van der Waals surface area contributed by atoms with Crippen LogP contribution in [0.5, 0.6) is 0 Å². The van der Waals surface area contributed by atoms with Crippen LogP contribution in [0, 0.1) is 0 Å². The third-order valence-corrected chi connectivity index (χ3v) is 4.49. The Hall–Kier alpha value is -0.880. The van der Waals surface area contributed by atoms with Crippen molar-refractivity contribution in [2.24, 2.45) is 0 Å². The highest BCUT2D eigenvalue weighted by Crippen LogP contribution is 2.31. The van der Waals surface area contributed by atoms with Crippen molar-refractivity contribution in [3.8, 4) is 5.69 Å². The standard InChI is InChI=1S/C13H13BrClN3O/c14-13-9(15)2-1-3-10(13)18-8-17-6-11(18)12-7-16-4-5-19-12/h1-3,6,8,12,16H,4-5,7H2. The van der Waals surface area contributed by atoms with E-state index in [1.54, 1.807) is 6.33 Å². The van der Waals surface area contributed by atoms with Crippen molar-refractivity contribution >= 4 is 27.5 Å². The van der Waals surface area contributed by atoms with Crippen molar-refractivity contribution in [3.05, 3.63) is 45.9 Å². The number of nitrogens with one attached hydrogen (secondary N) is 1. The van der Waals surface area contributed by atoms with E-state index in [9.17, 15) is 0 Å². The van der Waals surface area contributed by atoms with Crippen molar-refractivity contribution in [1.82, 2.24) is 14.9 Å². The van der Waals surface area contributed by atoms with E-state index in [1.165, 1.54) is 0 Å². The molecule has 0 radical (unpaired) electrons. The van der Waals surface area contributed by atoms with Gasteiger partial charge in [0.05, 0.1) is 40.0 Å². The van der Waals surface area contributed by atoms with Gasteiger partial charge in [0.1, 0.15) is 6.10 Å². The van der Waals surface area contributed by atoms with Crippen LogP contribution in [-0.2, 0) is 4.74 Å². The molecule has 4 nitrogen and oxygen atoms in total. The summed E-state index contributed by atoms with van der Waals surface area (Å²) in [5.74, 6) is 0. The molecule has 100 valence electrons. The molecule has 0 bridgehead atoms. The molecule has 2 heterocycles. The fourth-order valence-corrected chi connectivity index (χ4v) is 2.80. The molecule has 1 aliphatic heterocycles. The molecular weight excluding hydrogens is 330 g/mol. The fourth-order valence-electron chi connectivity index (χ4n) is 2.18. The highest BCUT2D eigenvalue weighted by Gasteiger charge is 2.21. The number of rotatable bonds is 2. The predicted molar refractivity (Wildman–Crippen MR) is 77.8 cm³/mol. The first kappa shape index (κ1) is 13.1. The van der Waals surface area contributed by atoms with Crippen molar-refractivity contribution < 1.29 is 4.74 Å². The van der Waals surface area contributed by atoms with Crippen LogP contribution in [0.25, 0.3) is 5.69 Å². The number of morpholine rings is 1. The van der Waals surface area contributed by atoms with Gasteiger partial charge in [0.2, 0.25) is 0 Å². The largest absolute Gasteiger partial charge is 0.369 e. The van der Waals surface area contributed by atoms with Crippen LogP contribution in [0.1, 0.15) is 11.8 Å². The third-order valence-electron chi connectivity index (χ3n) is 3.12. The maximum atomic E-state index is 6.14. The molecule has 1 aliphatic rings. The van der Waals surface area contributed by atoms with Crippen molar-refractivity contribution in [3.63, 3.8) is 0 Å². The summed E-state index contributed by atoms with van der Waals surface area (Å²) in [5.41, 5.74) is 1.99. The molecule has 19 heavy (non-hydrogen) atoms. The monoisotopic (exact) mass is 341 g/mol. The minimum Gasteiger partial charge on any atom is -0.369 e. The number of hydrogen-bond acceptors (Lipinski definition) is 3.